The maximum atomic E-state index is 12.3. The lowest BCUT2D eigenvalue weighted by Gasteiger charge is -2.36. The van der Waals surface area contributed by atoms with E-state index in [9.17, 15) is 9.59 Å². The number of esters is 2. The van der Waals surface area contributed by atoms with Crippen molar-refractivity contribution in [2.24, 2.45) is 0 Å². The predicted octanol–water partition coefficient (Wildman–Crippen LogP) is 4.28. The van der Waals surface area contributed by atoms with Crippen LogP contribution in [0.25, 0.3) is 0 Å². The van der Waals surface area contributed by atoms with Gasteiger partial charge in [0.25, 0.3) is 0 Å². The molecule has 0 amide bonds. The monoisotopic (exact) mass is 366 g/mol. The molecule has 0 fully saturated rings. The van der Waals surface area contributed by atoms with Crippen LogP contribution in [0.4, 0.5) is 0 Å². The molecule has 0 N–H and O–H groups in total. The molecule has 5 nitrogen and oxygen atoms in total. The lowest BCUT2D eigenvalue weighted by Crippen LogP contribution is -2.43. The highest BCUT2D eigenvalue weighted by atomic mass is 28.4. The van der Waals surface area contributed by atoms with Crippen molar-refractivity contribution in [3.8, 4) is 5.75 Å². The molecule has 0 aromatic heterocycles. The highest BCUT2D eigenvalue weighted by molar-refractivity contribution is 6.74. The van der Waals surface area contributed by atoms with Gasteiger partial charge in [-0.15, -0.1) is 0 Å². The van der Waals surface area contributed by atoms with Gasteiger partial charge in [0.1, 0.15) is 5.75 Å². The van der Waals surface area contributed by atoms with Gasteiger partial charge >= 0.3 is 11.9 Å². The van der Waals surface area contributed by atoms with E-state index in [0.717, 1.165) is 0 Å². The van der Waals surface area contributed by atoms with Gasteiger partial charge in [0, 0.05) is 0 Å². The number of hydrogen-bond donors (Lipinski definition) is 0. The van der Waals surface area contributed by atoms with Crippen LogP contribution in [-0.4, -0.2) is 33.5 Å². The Kier molecular flexibility index (Phi) is 7.23. The van der Waals surface area contributed by atoms with Crippen molar-refractivity contribution in [3.63, 3.8) is 0 Å². The molecule has 0 unspecified atom stereocenters. The van der Waals surface area contributed by atoms with Crippen molar-refractivity contribution in [2.45, 2.75) is 58.7 Å². The minimum Gasteiger partial charge on any atom is -0.543 e. The molecule has 25 heavy (non-hydrogen) atoms. The first-order valence-corrected chi connectivity index (χ1v) is 11.6. The minimum atomic E-state index is -2.02. The van der Waals surface area contributed by atoms with Gasteiger partial charge in [-0.1, -0.05) is 32.9 Å². The van der Waals surface area contributed by atoms with Crippen molar-refractivity contribution in [2.75, 3.05) is 13.2 Å². The molecule has 0 aliphatic heterocycles. The smallest absolute Gasteiger partial charge is 0.324 e. The number of hydrogen-bond acceptors (Lipinski definition) is 5. The summed E-state index contributed by atoms with van der Waals surface area (Å²) in [5.74, 6) is -1.65. The maximum absolute atomic E-state index is 12.3. The minimum absolute atomic E-state index is 0.0463. The van der Waals surface area contributed by atoms with E-state index in [1.807, 2.05) is 6.07 Å². The molecule has 1 aromatic rings. The second kappa shape index (κ2) is 8.51. The molecule has 0 atom stereocenters. The summed E-state index contributed by atoms with van der Waals surface area (Å²) in [6.45, 7) is 14.6. The number of carbonyl (C=O) groups is 2. The van der Waals surface area contributed by atoms with Gasteiger partial charge in [-0.25, -0.2) is 0 Å². The molecule has 0 bridgehead atoms. The Hall–Kier alpha value is -1.82. The zero-order valence-electron chi connectivity index (χ0n) is 16.3. The van der Waals surface area contributed by atoms with Crippen LogP contribution in [0.1, 0.15) is 46.1 Å². The zero-order chi connectivity index (χ0) is 19.3. The second-order valence-corrected chi connectivity index (χ2v) is 12.1. The van der Waals surface area contributed by atoms with Gasteiger partial charge in [0.2, 0.25) is 8.32 Å². The fraction of sp³-hybridized carbons (Fsp3) is 0.579. The Bertz CT molecular complexity index is 586. The van der Waals surface area contributed by atoms with E-state index in [-0.39, 0.29) is 18.3 Å². The lowest BCUT2D eigenvalue weighted by molar-refractivity contribution is -0.156. The van der Waals surface area contributed by atoms with Crippen LogP contribution in [0.5, 0.6) is 5.75 Å². The van der Waals surface area contributed by atoms with Gasteiger partial charge < -0.3 is 13.9 Å². The number of rotatable bonds is 7. The summed E-state index contributed by atoms with van der Waals surface area (Å²) in [6, 6.07) is 7.08. The van der Waals surface area contributed by atoms with E-state index in [1.54, 1.807) is 32.0 Å². The molecule has 6 heteroatoms. The van der Waals surface area contributed by atoms with E-state index < -0.39 is 26.2 Å². The third-order valence-corrected chi connectivity index (χ3v) is 8.77. The third-order valence-electron chi connectivity index (χ3n) is 4.42. The van der Waals surface area contributed by atoms with Crippen LogP contribution in [0.15, 0.2) is 24.3 Å². The highest BCUT2D eigenvalue weighted by Crippen LogP contribution is 2.37. The number of benzene rings is 1. The summed E-state index contributed by atoms with van der Waals surface area (Å²) in [4.78, 5) is 24.5. The molecule has 140 valence electrons. The summed E-state index contributed by atoms with van der Waals surface area (Å²) in [5, 5.41) is 0.0463. The summed E-state index contributed by atoms with van der Waals surface area (Å²) in [7, 11) is -2.02. The molecule has 0 saturated heterocycles. The molecule has 1 aromatic carbocycles. The second-order valence-electron chi connectivity index (χ2n) is 7.37. The molecule has 0 saturated carbocycles. The van der Waals surface area contributed by atoms with Crippen LogP contribution in [0, 0.1) is 0 Å². The van der Waals surface area contributed by atoms with Crippen molar-refractivity contribution in [3.05, 3.63) is 29.8 Å². The van der Waals surface area contributed by atoms with Gasteiger partial charge in [0.15, 0.2) is 5.92 Å². The third kappa shape index (κ3) is 5.59. The molecular formula is C19H30O5Si. The average molecular weight is 367 g/mol. The molecule has 0 spiro atoms. The number of ether oxygens (including phenoxy) is 2. The first-order chi connectivity index (χ1) is 11.5. The number of carbonyl (C=O) groups excluding carboxylic acids is 2. The first kappa shape index (κ1) is 21.2. The largest absolute Gasteiger partial charge is 0.543 e. The van der Waals surface area contributed by atoms with E-state index in [1.165, 1.54) is 0 Å². The van der Waals surface area contributed by atoms with Crippen LogP contribution >= 0.6 is 0 Å². The summed E-state index contributed by atoms with van der Waals surface area (Å²) in [6.07, 6.45) is 0. The van der Waals surface area contributed by atoms with Crippen LogP contribution in [0.2, 0.25) is 18.1 Å². The van der Waals surface area contributed by atoms with E-state index in [0.29, 0.717) is 11.3 Å². The van der Waals surface area contributed by atoms with E-state index in [4.69, 9.17) is 13.9 Å². The van der Waals surface area contributed by atoms with Crippen molar-refractivity contribution < 1.29 is 23.5 Å². The van der Waals surface area contributed by atoms with Crippen LogP contribution < -0.4 is 4.43 Å². The molecule has 0 heterocycles. The maximum Gasteiger partial charge on any atom is 0.324 e. The summed E-state index contributed by atoms with van der Waals surface area (Å²) >= 11 is 0. The first-order valence-electron chi connectivity index (χ1n) is 8.65. The quantitative estimate of drug-likeness (QED) is 0.409. The van der Waals surface area contributed by atoms with Gasteiger partial charge in [-0.3, -0.25) is 9.59 Å². The van der Waals surface area contributed by atoms with Crippen LogP contribution in [0.3, 0.4) is 0 Å². The van der Waals surface area contributed by atoms with Gasteiger partial charge in [0.05, 0.1) is 13.2 Å². The Morgan fingerprint density at radius 2 is 1.56 bits per heavy atom. The van der Waals surface area contributed by atoms with Crippen molar-refractivity contribution in [1.29, 1.82) is 0 Å². The Morgan fingerprint density at radius 3 is 2.00 bits per heavy atom. The molecule has 0 aliphatic rings. The highest BCUT2D eigenvalue weighted by Gasteiger charge is 2.39. The SMILES string of the molecule is CCOC(=O)C(C(=O)OCC)c1cccc(O[Si](C)(C)C(C)(C)C)c1. The van der Waals surface area contributed by atoms with E-state index in [2.05, 4.69) is 33.9 Å². The van der Waals surface area contributed by atoms with Gasteiger partial charge in [-0.05, 0) is 49.7 Å². The molecule has 1 rings (SSSR count). The average Bonchev–Trinajstić information content (AvgIpc) is 2.46. The summed E-state index contributed by atoms with van der Waals surface area (Å²) in [5.41, 5.74) is 0.521. The Labute approximate surface area is 151 Å². The van der Waals surface area contributed by atoms with Crippen LogP contribution in [-0.2, 0) is 19.1 Å². The Balaban J connectivity index is 3.17. The topological polar surface area (TPSA) is 61.8 Å². The summed E-state index contributed by atoms with van der Waals surface area (Å²) < 4.78 is 16.4. The fourth-order valence-corrected chi connectivity index (χ4v) is 3.05. The fourth-order valence-electron chi connectivity index (χ4n) is 2.02. The Morgan fingerprint density at radius 1 is 1.04 bits per heavy atom. The standard InChI is InChI=1S/C19H30O5Si/c1-8-22-17(20)16(18(21)23-9-2)14-11-10-12-15(13-14)24-25(6,7)19(3,4)5/h10-13,16H,8-9H2,1-7H3. The normalized spacial score (nSPS) is 12.0. The van der Waals surface area contributed by atoms with Crippen molar-refractivity contribution in [1.82, 2.24) is 0 Å². The van der Waals surface area contributed by atoms with Gasteiger partial charge in [-0.2, -0.15) is 0 Å². The zero-order valence-corrected chi connectivity index (χ0v) is 17.3. The molecular weight excluding hydrogens is 336 g/mol. The lowest BCUT2D eigenvalue weighted by atomic mass is 9.99. The van der Waals surface area contributed by atoms with Crippen molar-refractivity contribution >= 4 is 20.3 Å². The molecule has 0 aliphatic carbocycles. The molecule has 0 radical (unpaired) electrons. The van der Waals surface area contributed by atoms with E-state index >= 15 is 0 Å². The predicted molar refractivity (Wildman–Crippen MR) is 100 cm³/mol.